The molecular weight excluding hydrogens is 343 g/mol. The van der Waals surface area contributed by atoms with Gasteiger partial charge < -0.3 is 10.2 Å². The lowest BCUT2D eigenvalue weighted by Gasteiger charge is -2.36. The van der Waals surface area contributed by atoms with Crippen molar-refractivity contribution in [3.8, 4) is 0 Å². The molecule has 1 unspecified atom stereocenters. The topological polar surface area (TPSA) is 41.1 Å². The lowest BCUT2D eigenvalue weighted by atomic mass is 10.00. The average Bonchev–Trinajstić information content (AvgIpc) is 2.57. The van der Waals surface area contributed by atoms with Gasteiger partial charge in [0.05, 0.1) is 10.0 Å². The molecule has 0 amide bonds. The maximum absolute atomic E-state index is 6.08. The smallest absolute Gasteiger partial charge is 0.229 e. The summed E-state index contributed by atoms with van der Waals surface area (Å²) >= 11 is 12.1. The van der Waals surface area contributed by atoms with Gasteiger partial charge in [-0.25, -0.2) is 4.98 Å². The summed E-state index contributed by atoms with van der Waals surface area (Å²) in [5.41, 5.74) is 1.77. The Balaban J connectivity index is 1.86. The van der Waals surface area contributed by atoms with Crippen molar-refractivity contribution < 1.29 is 0 Å². The summed E-state index contributed by atoms with van der Waals surface area (Å²) in [5, 5.41) is 4.28. The highest BCUT2D eigenvalue weighted by Crippen LogP contribution is 2.29. The van der Waals surface area contributed by atoms with Crippen molar-refractivity contribution in [1.29, 1.82) is 0 Å². The first kappa shape index (κ1) is 17.3. The summed E-state index contributed by atoms with van der Waals surface area (Å²) < 4.78 is 0. The second-order valence-corrected chi connectivity index (χ2v) is 7.01. The lowest BCUT2D eigenvalue weighted by molar-refractivity contribution is 0.446. The zero-order valence-corrected chi connectivity index (χ0v) is 15.5. The van der Waals surface area contributed by atoms with Crippen LogP contribution >= 0.6 is 23.2 Å². The summed E-state index contributed by atoms with van der Waals surface area (Å²) in [6.45, 7) is 5.29. The minimum Gasteiger partial charge on any atom is -0.353 e. The summed E-state index contributed by atoms with van der Waals surface area (Å²) in [5.74, 6) is 1.58. The van der Waals surface area contributed by atoms with Gasteiger partial charge in [-0.1, -0.05) is 30.1 Å². The number of benzene rings is 1. The van der Waals surface area contributed by atoms with E-state index in [1.807, 2.05) is 13.0 Å². The molecule has 0 spiro atoms. The van der Waals surface area contributed by atoms with Crippen molar-refractivity contribution >= 4 is 40.7 Å². The molecule has 1 aliphatic heterocycles. The predicted octanol–water partition coefficient (Wildman–Crippen LogP) is 5.60. The second-order valence-electron chi connectivity index (χ2n) is 6.20. The molecule has 1 atom stereocenters. The molecule has 0 aliphatic carbocycles. The van der Waals surface area contributed by atoms with Crippen molar-refractivity contribution in [1.82, 2.24) is 9.97 Å². The van der Waals surface area contributed by atoms with Gasteiger partial charge in [0.1, 0.15) is 5.82 Å². The van der Waals surface area contributed by atoms with Gasteiger partial charge >= 0.3 is 0 Å². The quantitative estimate of drug-likeness (QED) is 0.765. The molecule has 1 aromatic heterocycles. The van der Waals surface area contributed by atoms with E-state index in [2.05, 4.69) is 28.2 Å². The van der Waals surface area contributed by atoms with Gasteiger partial charge in [-0.2, -0.15) is 4.98 Å². The maximum Gasteiger partial charge on any atom is 0.229 e. The highest BCUT2D eigenvalue weighted by Gasteiger charge is 2.22. The number of nitrogens with one attached hydrogen (secondary N) is 1. The molecule has 24 heavy (non-hydrogen) atoms. The van der Waals surface area contributed by atoms with Gasteiger partial charge in [-0.3, -0.25) is 0 Å². The average molecular weight is 365 g/mol. The number of nitrogens with zero attached hydrogens (tertiary/aromatic N) is 3. The standard InChI is InChI=1S/C18H22Cl2N4/c1-3-14-6-4-5-9-24(14)17-10-12(2)21-18(23-17)22-13-7-8-15(19)16(20)11-13/h7-8,10-11,14H,3-6,9H2,1-2H3,(H,21,22,23). The lowest BCUT2D eigenvalue weighted by Crippen LogP contribution is -2.39. The number of aryl methyl sites for hydroxylation is 1. The van der Waals surface area contributed by atoms with Crippen LogP contribution in [0.5, 0.6) is 0 Å². The zero-order valence-electron chi connectivity index (χ0n) is 14.0. The zero-order chi connectivity index (χ0) is 17.1. The van der Waals surface area contributed by atoms with Gasteiger partial charge in [0.25, 0.3) is 0 Å². The van der Waals surface area contributed by atoms with Crippen LogP contribution in [-0.2, 0) is 0 Å². The summed E-state index contributed by atoms with van der Waals surface area (Å²) in [6.07, 6.45) is 4.89. The van der Waals surface area contributed by atoms with E-state index in [9.17, 15) is 0 Å². The van der Waals surface area contributed by atoms with E-state index in [-0.39, 0.29) is 0 Å². The van der Waals surface area contributed by atoms with E-state index < -0.39 is 0 Å². The monoisotopic (exact) mass is 364 g/mol. The van der Waals surface area contributed by atoms with Crippen LogP contribution in [0.1, 0.15) is 38.3 Å². The first-order chi connectivity index (χ1) is 11.6. The Labute approximate surface area is 153 Å². The van der Waals surface area contributed by atoms with Crippen LogP contribution < -0.4 is 10.2 Å². The minimum absolute atomic E-state index is 0.511. The summed E-state index contributed by atoms with van der Waals surface area (Å²) in [4.78, 5) is 11.6. The molecule has 1 aliphatic rings. The van der Waals surface area contributed by atoms with E-state index in [1.165, 1.54) is 19.3 Å². The van der Waals surface area contributed by atoms with Crippen LogP contribution in [0.3, 0.4) is 0 Å². The van der Waals surface area contributed by atoms with Gasteiger partial charge in [0.15, 0.2) is 0 Å². The largest absolute Gasteiger partial charge is 0.353 e. The van der Waals surface area contributed by atoms with Gasteiger partial charge in [0, 0.05) is 30.0 Å². The van der Waals surface area contributed by atoms with Crippen LogP contribution in [0.2, 0.25) is 10.0 Å². The number of aromatic nitrogens is 2. The number of anilines is 3. The molecule has 128 valence electrons. The van der Waals surface area contributed by atoms with Gasteiger partial charge in [0.2, 0.25) is 5.95 Å². The van der Waals surface area contributed by atoms with Gasteiger partial charge in [-0.05, 0) is 50.8 Å². The third-order valence-electron chi connectivity index (χ3n) is 4.41. The first-order valence-corrected chi connectivity index (χ1v) is 9.17. The molecule has 0 bridgehead atoms. The Kier molecular flexibility index (Phi) is 5.47. The molecular formula is C18H22Cl2N4. The normalized spacial score (nSPS) is 17.8. The van der Waals surface area contributed by atoms with Crippen molar-refractivity contribution in [2.24, 2.45) is 0 Å². The van der Waals surface area contributed by atoms with E-state index >= 15 is 0 Å². The van der Waals surface area contributed by atoms with Crippen molar-refractivity contribution in [3.05, 3.63) is 40.0 Å². The number of hydrogen-bond acceptors (Lipinski definition) is 4. The van der Waals surface area contributed by atoms with Crippen LogP contribution in [0.25, 0.3) is 0 Å². The molecule has 1 aromatic carbocycles. The van der Waals surface area contributed by atoms with E-state index in [0.29, 0.717) is 22.0 Å². The Hall–Kier alpha value is -1.52. The third kappa shape index (κ3) is 3.93. The number of piperidine rings is 1. The minimum atomic E-state index is 0.511. The molecule has 6 heteroatoms. The van der Waals surface area contributed by atoms with E-state index in [4.69, 9.17) is 28.2 Å². The Bertz CT molecular complexity index is 720. The molecule has 4 nitrogen and oxygen atoms in total. The molecule has 0 radical (unpaired) electrons. The molecule has 1 fully saturated rings. The van der Waals surface area contributed by atoms with E-state index in [1.54, 1.807) is 12.1 Å². The van der Waals surface area contributed by atoms with Gasteiger partial charge in [-0.15, -0.1) is 0 Å². The van der Waals surface area contributed by atoms with Crippen LogP contribution in [0, 0.1) is 6.92 Å². The van der Waals surface area contributed by atoms with Crippen LogP contribution in [-0.4, -0.2) is 22.6 Å². The molecule has 0 saturated carbocycles. The second kappa shape index (κ2) is 7.58. The maximum atomic E-state index is 6.08. The molecule has 1 N–H and O–H groups in total. The first-order valence-electron chi connectivity index (χ1n) is 8.41. The molecule has 2 heterocycles. The fourth-order valence-electron chi connectivity index (χ4n) is 3.18. The highest BCUT2D eigenvalue weighted by molar-refractivity contribution is 6.42. The Morgan fingerprint density at radius 1 is 1.17 bits per heavy atom. The third-order valence-corrected chi connectivity index (χ3v) is 5.15. The fourth-order valence-corrected chi connectivity index (χ4v) is 3.48. The van der Waals surface area contributed by atoms with Crippen LogP contribution in [0.15, 0.2) is 24.3 Å². The number of rotatable bonds is 4. The molecule has 2 aromatic rings. The Morgan fingerprint density at radius 2 is 2.00 bits per heavy atom. The van der Waals surface area contributed by atoms with Crippen molar-refractivity contribution in [2.75, 3.05) is 16.8 Å². The highest BCUT2D eigenvalue weighted by atomic mass is 35.5. The fraction of sp³-hybridized carbons (Fsp3) is 0.444. The predicted molar refractivity (Wildman–Crippen MR) is 102 cm³/mol. The Morgan fingerprint density at radius 3 is 2.75 bits per heavy atom. The van der Waals surface area contributed by atoms with E-state index in [0.717, 1.165) is 30.2 Å². The van der Waals surface area contributed by atoms with Crippen molar-refractivity contribution in [3.63, 3.8) is 0 Å². The summed E-state index contributed by atoms with van der Waals surface area (Å²) in [7, 11) is 0. The molecule has 3 rings (SSSR count). The molecule has 1 saturated heterocycles. The SMILES string of the molecule is CCC1CCCCN1c1cc(C)nc(Nc2ccc(Cl)c(Cl)c2)n1. The van der Waals surface area contributed by atoms with Crippen LogP contribution in [0.4, 0.5) is 17.5 Å². The summed E-state index contributed by atoms with van der Waals surface area (Å²) in [6, 6.07) is 8.04. The van der Waals surface area contributed by atoms with Crippen molar-refractivity contribution in [2.45, 2.75) is 45.6 Å². The number of halogens is 2. The number of hydrogen-bond donors (Lipinski definition) is 1.